The second-order valence-electron chi connectivity index (χ2n) is 7.72. The first kappa shape index (κ1) is 20.1. The van der Waals surface area contributed by atoms with E-state index in [0.29, 0.717) is 18.7 Å². The van der Waals surface area contributed by atoms with Crippen LogP contribution >= 0.6 is 0 Å². The normalized spacial score (nSPS) is 12.0. The molecule has 0 atom stereocenters. The van der Waals surface area contributed by atoms with Crippen LogP contribution in [0.2, 0.25) is 0 Å². The van der Waals surface area contributed by atoms with Crippen LogP contribution in [0, 0.1) is 16.6 Å². The van der Waals surface area contributed by atoms with E-state index in [4.69, 9.17) is 5.11 Å². The Kier molecular flexibility index (Phi) is 6.49. The minimum atomic E-state index is -0.652. The summed E-state index contributed by atoms with van der Waals surface area (Å²) in [5.74, 6) is -1.42. The van der Waals surface area contributed by atoms with E-state index >= 15 is 0 Å². The number of rotatable bonds is 6. The summed E-state index contributed by atoms with van der Waals surface area (Å²) in [6, 6.07) is 3.91. The molecule has 0 unspecified atom stereocenters. The Bertz CT molecular complexity index is 607. The summed E-state index contributed by atoms with van der Waals surface area (Å²) in [5.41, 5.74) is -0.637. The third kappa shape index (κ3) is 5.92. The van der Waals surface area contributed by atoms with E-state index in [1.54, 1.807) is 20.8 Å². The van der Waals surface area contributed by atoms with Gasteiger partial charge in [-0.25, -0.2) is 4.39 Å². The van der Waals surface area contributed by atoms with Gasteiger partial charge in [0.25, 0.3) is 5.91 Å². The maximum absolute atomic E-state index is 13.9. The molecule has 1 rings (SSSR count). The molecule has 0 saturated heterocycles. The van der Waals surface area contributed by atoms with Gasteiger partial charge >= 0.3 is 0 Å². The van der Waals surface area contributed by atoms with Crippen LogP contribution in [0.1, 0.15) is 51.4 Å². The second-order valence-corrected chi connectivity index (χ2v) is 7.72. The van der Waals surface area contributed by atoms with Crippen LogP contribution in [-0.4, -0.2) is 30.1 Å². The third-order valence-electron chi connectivity index (χ3n) is 3.67. The third-order valence-corrected chi connectivity index (χ3v) is 3.67. The number of carbonyl (C=O) groups excluding carboxylic acids is 2. The minimum absolute atomic E-state index is 0.0194. The largest absolute Gasteiger partial charge is 0.396 e. The van der Waals surface area contributed by atoms with Gasteiger partial charge in [-0.15, -0.1) is 0 Å². The number of benzene rings is 1. The van der Waals surface area contributed by atoms with Crippen LogP contribution < -0.4 is 10.6 Å². The highest BCUT2D eigenvalue weighted by Gasteiger charge is 2.23. The lowest BCUT2D eigenvalue weighted by Crippen LogP contribution is -2.35. The van der Waals surface area contributed by atoms with Crippen molar-refractivity contribution in [2.75, 3.05) is 18.5 Å². The highest BCUT2D eigenvalue weighted by molar-refractivity contribution is 5.98. The zero-order valence-electron chi connectivity index (χ0n) is 15.0. The second kappa shape index (κ2) is 7.75. The van der Waals surface area contributed by atoms with Crippen LogP contribution in [0.5, 0.6) is 0 Å². The zero-order valence-corrected chi connectivity index (χ0v) is 15.0. The Balaban J connectivity index is 2.86. The van der Waals surface area contributed by atoms with Crippen molar-refractivity contribution in [2.24, 2.45) is 10.8 Å². The van der Waals surface area contributed by atoms with Crippen molar-refractivity contribution < 1.29 is 19.1 Å². The molecule has 6 heteroatoms. The van der Waals surface area contributed by atoms with E-state index in [9.17, 15) is 14.0 Å². The van der Waals surface area contributed by atoms with Crippen LogP contribution in [0.4, 0.5) is 10.1 Å². The average molecular weight is 338 g/mol. The molecule has 5 nitrogen and oxygen atoms in total. The topological polar surface area (TPSA) is 78.4 Å². The number of halogens is 1. The first-order valence-corrected chi connectivity index (χ1v) is 7.96. The number of aliphatic hydroxyl groups is 1. The average Bonchev–Trinajstić information content (AvgIpc) is 2.45. The van der Waals surface area contributed by atoms with Gasteiger partial charge in [0.1, 0.15) is 5.82 Å². The van der Waals surface area contributed by atoms with Gasteiger partial charge in [0, 0.05) is 24.3 Å². The van der Waals surface area contributed by atoms with Gasteiger partial charge in [0.05, 0.1) is 5.56 Å². The molecule has 1 aromatic rings. The summed E-state index contributed by atoms with van der Waals surface area (Å²) >= 11 is 0. The summed E-state index contributed by atoms with van der Waals surface area (Å²) < 4.78 is 13.9. The number of nitrogens with one attached hydrogen (secondary N) is 2. The van der Waals surface area contributed by atoms with Crippen molar-refractivity contribution in [1.82, 2.24) is 5.32 Å². The highest BCUT2D eigenvalue weighted by atomic mass is 19.1. The molecule has 0 spiro atoms. The summed E-state index contributed by atoms with van der Waals surface area (Å²) in [6.45, 7) is 9.43. The highest BCUT2D eigenvalue weighted by Crippen LogP contribution is 2.21. The Morgan fingerprint density at radius 2 is 1.79 bits per heavy atom. The quantitative estimate of drug-likeness (QED) is 0.746. The Morgan fingerprint density at radius 3 is 2.33 bits per heavy atom. The lowest BCUT2D eigenvalue weighted by Gasteiger charge is -2.24. The van der Waals surface area contributed by atoms with Gasteiger partial charge < -0.3 is 15.7 Å². The molecule has 0 heterocycles. The van der Waals surface area contributed by atoms with E-state index in [2.05, 4.69) is 10.6 Å². The minimum Gasteiger partial charge on any atom is -0.396 e. The number of hydrogen-bond acceptors (Lipinski definition) is 3. The molecular formula is C18H27FN2O3. The molecule has 0 saturated carbocycles. The molecule has 0 fully saturated rings. The van der Waals surface area contributed by atoms with E-state index < -0.39 is 17.1 Å². The summed E-state index contributed by atoms with van der Waals surface area (Å²) in [4.78, 5) is 24.2. The lowest BCUT2D eigenvalue weighted by atomic mass is 9.89. The summed E-state index contributed by atoms with van der Waals surface area (Å²) in [5, 5.41) is 14.4. The molecule has 2 amide bonds. The van der Waals surface area contributed by atoms with Gasteiger partial charge in [-0.05, 0) is 30.0 Å². The molecule has 0 aromatic heterocycles. The summed E-state index contributed by atoms with van der Waals surface area (Å²) in [6.07, 6.45) is 0.525. The fourth-order valence-electron chi connectivity index (χ4n) is 1.90. The van der Waals surface area contributed by atoms with Crippen molar-refractivity contribution >= 4 is 17.5 Å². The van der Waals surface area contributed by atoms with Crippen molar-refractivity contribution in [3.05, 3.63) is 29.6 Å². The van der Waals surface area contributed by atoms with Gasteiger partial charge in [-0.3, -0.25) is 9.59 Å². The molecule has 0 radical (unpaired) electrons. The smallest absolute Gasteiger partial charge is 0.254 e. The van der Waals surface area contributed by atoms with Crippen LogP contribution in [0.25, 0.3) is 0 Å². The van der Waals surface area contributed by atoms with Crippen molar-refractivity contribution in [1.29, 1.82) is 0 Å². The molecule has 3 N–H and O–H groups in total. The van der Waals surface area contributed by atoms with Crippen LogP contribution in [0.15, 0.2) is 18.2 Å². The van der Waals surface area contributed by atoms with Gasteiger partial charge in [0.15, 0.2) is 0 Å². The predicted octanol–water partition coefficient (Wildman–Crippen LogP) is 2.95. The molecule has 0 aliphatic heterocycles. The van der Waals surface area contributed by atoms with Crippen LogP contribution in [-0.2, 0) is 4.79 Å². The molecule has 0 aliphatic carbocycles. The fourth-order valence-corrected chi connectivity index (χ4v) is 1.90. The van der Waals surface area contributed by atoms with Gasteiger partial charge in [-0.1, -0.05) is 34.6 Å². The lowest BCUT2D eigenvalue weighted by molar-refractivity contribution is -0.123. The Hall–Kier alpha value is -1.95. The monoisotopic (exact) mass is 338 g/mol. The predicted molar refractivity (Wildman–Crippen MR) is 92.3 cm³/mol. The van der Waals surface area contributed by atoms with E-state index in [-0.39, 0.29) is 23.5 Å². The first-order chi connectivity index (χ1) is 11.0. The fraction of sp³-hybridized carbons (Fsp3) is 0.556. The molecule has 0 bridgehead atoms. The van der Waals surface area contributed by atoms with E-state index in [1.165, 1.54) is 12.1 Å². The van der Waals surface area contributed by atoms with Crippen molar-refractivity contribution in [2.45, 2.75) is 41.0 Å². The molecule has 0 aliphatic rings. The van der Waals surface area contributed by atoms with E-state index in [0.717, 1.165) is 6.07 Å². The number of anilines is 1. The maximum Gasteiger partial charge on any atom is 0.254 e. The maximum atomic E-state index is 13.9. The number of amides is 2. The van der Waals surface area contributed by atoms with E-state index in [1.807, 2.05) is 13.8 Å². The zero-order chi connectivity index (χ0) is 18.5. The molecule has 134 valence electrons. The molecule has 24 heavy (non-hydrogen) atoms. The van der Waals surface area contributed by atoms with Crippen molar-refractivity contribution in [3.8, 4) is 0 Å². The Labute approximate surface area is 142 Å². The standard InChI is InChI=1S/C18H27FN2O3/c1-17(2,3)16(24)21-12-6-7-14(19)13(10-12)15(23)20-11-18(4,5)8-9-22/h6-7,10,22H,8-9,11H2,1-5H3,(H,20,23)(H,21,24). The first-order valence-electron chi connectivity index (χ1n) is 7.96. The van der Waals surface area contributed by atoms with Gasteiger partial charge in [-0.2, -0.15) is 0 Å². The van der Waals surface area contributed by atoms with Crippen molar-refractivity contribution in [3.63, 3.8) is 0 Å². The van der Waals surface area contributed by atoms with Gasteiger partial charge in [0.2, 0.25) is 5.91 Å². The van der Waals surface area contributed by atoms with Crippen LogP contribution in [0.3, 0.4) is 0 Å². The number of carbonyl (C=O) groups is 2. The summed E-state index contributed by atoms with van der Waals surface area (Å²) in [7, 11) is 0. The molecule has 1 aromatic carbocycles. The number of aliphatic hydroxyl groups excluding tert-OH is 1. The SMILES string of the molecule is CC(C)(CCO)CNC(=O)c1cc(NC(=O)C(C)(C)C)ccc1F. The molecular weight excluding hydrogens is 311 g/mol. The Morgan fingerprint density at radius 1 is 1.17 bits per heavy atom. The number of hydrogen-bond donors (Lipinski definition) is 3.